The lowest BCUT2D eigenvalue weighted by molar-refractivity contribution is -0.167. The zero-order valence-electron chi connectivity index (χ0n) is 43.9. The Morgan fingerprint density at radius 3 is 0.891 bits per heavy atom. The van der Waals surface area contributed by atoms with E-state index in [4.69, 9.17) is 14.2 Å². The molecule has 0 bridgehead atoms. The predicted molar refractivity (Wildman–Crippen MR) is 275 cm³/mol. The number of carbonyl (C=O) groups is 3. The Bertz CT molecular complexity index is 980. The number of hydrogen-bond donors (Lipinski definition) is 0. The van der Waals surface area contributed by atoms with E-state index in [-0.39, 0.29) is 31.1 Å². The molecule has 0 amide bonds. The quantitative estimate of drug-likeness (QED) is 0.0344. The lowest BCUT2D eigenvalue weighted by atomic mass is 9.99. The van der Waals surface area contributed by atoms with Gasteiger partial charge in [0.25, 0.3) is 0 Å². The number of carbonyl (C=O) groups excluding carboxylic acids is 3. The molecule has 0 heterocycles. The molecule has 0 rings (SSSR count). The standard InChI is InChI=1S/C58H112O6/c1-6-8-9-10-11-26-33-38-43-48-56(59)62-51-55(52-63-57(60)49-44-39-34-29-24-21-20-22-27-31-36-41-46-53(3)4)64-58(61)50-45-40-35-30-25-19-17-15-13-12-14-16-18-23-28-32-37-42-47-54(5)7-2/h53-55H,6-52H2,1-5H3/t54?,55-/m0/s1. The van der Waals surface area contributed by atoms with Crippen LogP contribution in [0.15, 0.2) is 0 Å². The van der Waals surface area contributed by atoms with Crippen LogP contribution in [0.1, 0.15) is 324 Å². The summed E-state index contributed by atoms with van der Waals surface area (Å²) in [5.74, 6) is 0.899. The number of unbranched alkanes of at least 4 members (excludes halogenated alkanes) is 36. The van der Waals surface area contributed by atoms with Crippen LogP contribution in [0.4, 0.5) is 0 Å². The minimum atomic E-state index is -0.761. The van der Waals surface area contributed by atoms with E-state index in [1.54, 1.807) is 0 Å². The molecule has 0 radical (unpaired) electrons. The Labute approximate surface area is 399 Å². The lowest BCUT2D eigenvalue weighted by Gasteiger charge is -2.18. The smallest absolute Gasteiger partial charge is 0.306 e. The molecule has 0 aromatic carbocycles. The van der Waals surface area contributed by atoms with Crippen LogP contribution in [0.5, 0.6) is 0 Å². The van der Waals surface area contributed by atoms with E-state index >= 15 is 0 Å². The maximum absolute atomic E-state index is 12.8. The van der Waals surface area contributed by atoms with Crippen molar-refractivity contribution in [2.24, 2.45) is 11.8 Å². The molecular weight excluding hydrogens is 793 g/mol. The van der Waals surface area contributed by atoms with Gasteiger partial charge in [0.05, 0.1) is 0 Å². The molecular formula is C58H112O6. The van der Waals surface area contributed by atoms with Crippen molar-refractivity contribution in [2.75, 3.05) is 13.2 Å². The molecule has 0 aromatic heterocycles. The van der Waals surface area contributed by atoms with Gasteiger partial charge < -0.3 is 14.2 Å². The maximum Gasteiger partial charge on any atom is 0.306 e. The van der Waals surface area contributed by atoms with E-state index < -0.39 is 6.10 Å². The minimum absolute atomic E-state index is 0.0631. The van der Waals surface area contributed by atoms with Gasteiger partial charge in [-0.05, 0) is 31.1 Å². The Morgan fingerprint density at radius 1 is 0.328 bits per heavy atom. The van der Waals surface area contributed by atoms with Gasteiger partial charge in [-0.25, -0.2) is 0 Å². The number of rotatable bonds is 52. The molecule has 64 heavy (non-hydrogen) atoms. The van der Waals surface area contributed by atoms with Gasteiger partial charge in [-0.2, -0.15) is 0 Å². The zero-order valence-corrected chi connectivity index (χ0v) is 43.9. The van der Waals surface area contributed by atoms with Crippen molar-refractivity contribution >= 4 is 17.9 Å². The Kier molecular flexibility index (Phi) is 49.6. The molecule has 2 atom stereocenters. The van der Waals surface area contributed by atoms with Crippen LogP contribution in [0.25, 0.3) is 0 Å². The zero-order chi connectivity index (χ0) is 46.8. The van der Waals surface area contributed by atoms with E-state index in [0.717, 1.165) is 69.6 Å². The second-order valence-corrected chi connectivity index (χ2v) is 20.6. The summed E-state index contributed by atoms with van der Waals surface area (Å²) < 4.78 is 16.8. The van der Waals surface area contributed by atoms with E-state index in [1.165, 1.54) is 212 Å². The lowest BCUT2D eigenvalue weighted by Crippen LogP contribution is -2.30. The van der Waals surface area contributed by atoms with Crippen LogP contribution < -0.4 is 0 Å². The van der Waals surface area contributed by atoms with Crippen molar-refractivity contribution < 1.29 is 28.6 Å². The molecule has 1 unspecified atom stereocenters. The normalized spacial score (nSPS) is 12.5. The van der Waals surface area contributed by atoms with Crippen molar-refractivity contribution in [1.29, 1.82) is 0 Å². The van der Waals surface area contributed by atoms with Gasteiger partial charge in [0.1, 0.15) is 13.2 Å². The summed E-state index contributed by atoms with van der Waals surface area (Å²) in [7, 11) is 0. The van der Waals surface area contributed by atoms with Gasteiger partial charge in [0, 0.05) is 19.3 Å². The highest BCUT2D eigenvalue weighted by Crippen LogP contribution is 2.19. The summed E-state index contributed by atoms with van der Waals surface area (Å²) in [6, 6.07) is 0. The highest BCUT2D eigenvalue weighted by molar-refractivity contribution is 5.71. The second-order valence-electron chi connectivity index (χ2n) is 20.6. The summed E-state index contributed by atoms with van der Waals surface area (Å²) in [5.41, 5.74) is 0. The fraction of sp³-hybridized carbons (Fsp3) is 0.948. The van der Waals surface area contributed by atoms with Gasteiger partial charge in [-0.1, -0.05) is 285 Å². The topological polar surface area (TPSA) is 78.9 Å². The predicted octanol–water partition coefficient (Wildman–Crippen LogP) is 18.9. The molecule has 0 N–H and O–H groups in total. The Hall–Kier alpha value is -1.59. The van der Waals surface area contributed by atoms with Gasteiger partial charge in [0.2, 0.25) is 0 Å². The van der Waals surface area contributed by atoms with Gasteiger partial charge in [0.15, 0.2) is 6.10 Å². The first kappa shape index (κ1) is 62.4. The second kappa shape index (κ2) is 50.8. The molecule has 0 aromatic rings. The van der Waals surface area contributed by atoms with Crippen molar-refractivity contribution in [1.82, 2.24) is 0 Å². The SMILES string of the molecule is CCCCCCCCCCCC(=O)OC[C@@H](COC(=O)CCCCCCCCCCCCCCC(C)C)OC(=O)CCCCCCCCCCCCCCCCCCCCC(C)CC. The monoisotopic (exact) mass is 905 g/mol. The van der Waals surface area contributed by atoms with Crippen LogP contribution in [0.2, 0.25) is 0 Å². The van der Waals surface area contributed by atoms with Crippen LogP contribution in [0.3, 0.4) is 0 Å². The molecule has 0 aliphatic rings. The van der Waals surface area contributed by atoms with Crippen LogP contribution in [-0.4, -0.2) is 37.2 Å². The molecule has 380 valence electrons. The molecule has 6 heteroatoms. The van der Waals surface area contributed by atoms with Crippen molar-refractivity contribution in [2.45, 2.75) is 330 Å². The van der Waals surface area contributed by atoms with E-state index in [2.05, 4.69) is 34.6 Å². The molecule has 0 aliphatic heterocycles. The summed E-state index contributed by atoms with van der Waals surface area (Å²) in [6.45, 7) is 11.4. The van der Waals surface area contributed by atoms with Gasteiger partial charge in [-0.3, -0.25) is 14.4 Å². The number of ether oxygens (including phenoxy) is 3. The molecule has 0 spiro atoms. The largest absolute Gasteiger partial charge is 0.462 e. The number of hydrogen-bond acceptors (Lipinski definition) is 6. The third-order valence-corrected chi connectivity index (χ3v) is 13.6. The fourth-order valence-corrected chi connectivity index (χ4v) is 8.84. The molecule has 0 saturated carbocycles. The minimum Gasteiger partial charge on any atom is -0.462 e. The third-order valence-electron chi connectivity index (χ3n) is 13.6. The first-order chi connectivity index (χ1) is 31.3. The van der Waals surface area contributed by atoms with Crippen molar-refractivity contribution in [3.05, 3.63) is 0 Å². The van der Waals surface area contributed by atoms with Crippen molar-refractivity contribution in [3.63, 3.8) is 0 Å². The first-order valence-corrected chi connectivity index (χ1v) is 28.8. The van der Waals surface area contributed by atoms with E-state index in [0.29, 0.717) is 19.3 Å². The molecule has 0 fully saturated rings. The molecule has 6 nitrogen and oxygen atoms in total. The van der Waals surface area contributed by atoms with Crippen molar-refractivity contribution in [3.8, 4) is 0 Å². The highest BCUT2D eigenvalue weighted by Gasteiger charge is 2.19. The Morgan fingerprint density at radius 2 is 0.594 bits per heavy atom. The summed E-state index contributed by atoms with van der Waals surface area (Å²) in [5, 5.41) is 0. The fourth-order valence-electron chi connectivity index (χ4n) is 8.84. The average molecular weight is 906 g/mol. The van der Waals surface area contributed by atoms with Gasteiger partial charge >= 0.3 is 17.9 Å². The summed E-state index contributed by atoms with van der Waals surface area (Å²) in [4.78, 5) is 38.0. The maximum atomic E-state index is 12.8. The van der Waals surface area contributed by atoms with Crippen LogP contribution in [-0.2, 0) is 28.6 Å². The van der Waals surface area contributed by atoms with E-state index in [1.807, 2.05) is 0 Å². The first-order valence-electron chi connectivity index (χ1n) is 28.8. The molecule has 0 aliphatic carbocycles. The average Bonchev–Trinajstić information content (AvgIpc) is 3.28. The van der Waals surface area contributed by atoms with Crippen LogP contribution in [0, 0.1) is 11.8 Å². The highest BCUT2D eigenvalue weighted by atomic mass is 16.6. The van der Waals surface area contributed by atoms with Crippen LogP contribution >= 0.6 is 0 Å². The van der Waals surface area contributed by atoms with Gasteiger partial charge in [-0.15, -0.1) is 0 Å². The third kappa shape index (κ3) is 49.8. The van der Waals surface area contributed by atoms with E-state index in [9.17, 15) is 14.4 Å². The molecule has 0 saturated heterocycles. The summed E-state index contributed by atoms with van der Waals surface area (Å²) in [6.07, 6.45) is 53.8. The Balaban J connectivity index is 4.19. The summed E-state index contributed by atoms with van der Waals surface area (Å²) >= 11 is 0. The number of esters is 3.